The lowest BCUT2D eigenvalue weighted by molar-refractivity contribution is 0.201. The number of hydrogen-bond donors (Lipinski definition) is 2. The van der Waals surface area contributed by atoms with E-state index in [0.717, 1.165) is 11.6 Å². The minimum absolute atomic E-state index is 0.198. The molecule has 0 bridgehead atoms. The van der Waals surface area contributed by atoms with E-state index in [4.69, 9.17) is 11.6 Å². The Morgan fingerprint density at radius 3 is 2.93 bits per heavy atom. The molecule has 0 aliphatic carbocycles. The highest BCUT2D eigenvalue weighted by atomic mass is 35.5. The number of halogens is 1. The van der Waals surface area contributed by atoms with E-state index in [1.54, 1.807) is 18.0 Å². The standard InChI is InChI=1S/C9H11ClN2OS/c10-6-1-2-9(12-3-6)14-8-5-11-4-7(8)13/h1-3,7-8,11,13H,4-5H2. The van der Waals surface area contributed by atoms with Crippen molar-refractivity contribution in [1.82, 2.24) is 10.3 Å². The highest BCUT2D eigenvalue weighted by Crippen LogP contribution is 2.26. The van der Waals surface area contributed by atoms with Crippen LogP contribution in [-0.4, -0.2) is 34.5 Å². The first-order valence-electron chi connectivity index (χ1n) is 4.43. The third-order valence-electron chi connectivity index (χ3n) is 2.10. The summed E-state index contributed by atoms with van der Waals surface area (Å²) < 4.78 is 0. The summed E-state index contributed by atoms with van der Waals surface area (Å²) in [7, 11) is 0. The molecule has 5 heteroatoms. The van der Waals surface area contributed by atoms with E-state index >= 15 is 0 Å². The first-order chi connectivity index (χ1) is 6.75. The molecule has 2 rings (SSSR count). The van der Waals surface area contributed by atoms with Crippen molar-refractivity contribution in [3.05, 3.63) is 23.4 Å². The predicted octanol–water partition coefficient (Wildman–Crippen LogP) is 1.16. The first kappa shape index (κ1) is 10.2. The topological polar surface area (TPSA) is 45.1 Å². The maximum absolute atomic E-state index is 9.57. The summed E-state index contributed by atoms with van der Waals surface area (Å²) in [5.74, 6) is 0. The van der Waals surface area contributed by atoms with Gasteiger partial charge in [0, 0.05) is 19.3 Å². The lowest BCUT2D eigenvalue weighted by atomic mass is 10.3. The third-order valence-corrected chi connectivity index (χ3v) is 3.59. The Morgan fingerprint density at radius 2 is 2.36 bits per heavy atom. The van der Waals surface area contributed by atoms with Gasteiger partial charge >= 0.3 is 0 Å². The fourth-order valence-electron chi connectivity index (χ4n) is 1.35. The number of nitrogens with zero attached hydrogens (tertiary/aromatic N) is 1. The van der Waals surface area contributed by atoms with Crippen molar-refractivity contribution in [1.29, 1.82) is 0 Å². The molecule has 2 heterocycles. The zero-order chi connectivity index (χ0) is 9.97. The van der Waals surface area contributed by atoms with Crippen molar-refractivity contribution in [3.8, 4) is 0 Å². The van der Waals surface area contributed by atoms with Gasteiger partial charge in [0.2, 0.25) is 0 Å². The second-order valence-electron chi connectivity index (χ2n) is 3.20. The molecular weight excluding hydrogens is 220 g/mol. The molecule has 0 saturated carbocycles. The SMILES string of the molecule is OC1CNCC1Sc1ccc(Cl)cn1. The Kier molecular flexibility index (Phi) is 3.28. The molecule has 1 fully saturated rings. The van der Waals surface area contributed by atoms with Crippen LogP contribution in [0.2, 0.25) is 5.02 Å². The number of pyridine rings is 1. The normalized spacial score (nSPS) is 26.7. The molecule has 0 spiro atoms. The van der Waals surface area contributed by atoms with E-state index in [9.17, 15) is 5.11 Å². The minimum Gasteiger partial charge on any atom is -0.391 e. The summed E-state index contributed by atoms with van der Waals surface area (Å²) in [6, 6.07) is 3.68. The van der Waals surface area contributed by atoms with E-state index in [0.29, 0.717) is 11.6 Å². The molecule has 76 valence electrons. The summed E-state index contributed by atoms with van der Waals surface area (Å²) in [4.78, 5) is 4.17. The van der Waals surface area contributed by atoms with Crippen LogP contribution in [0.15, 0.2) is 23.4 Å². The Balaban J connectivity index is 2.00. The highest BCUT2D eigenvalue weighted by Gasteiger charge is 2.25. The van der Waals surface area contributed by atoms with Gasteiger partial charge in [-0.2, -0.15) is 0 Å². The Labute approximate surface area is 91.9 Å². The zero-order valence-corrected chi connectivity index (χ0v) is 9.05. The number of β-amino-alcohol motifs (C(OH)–C–C–N with tert-alkyl or cyclic N) is 1. The number of hydrogen-bond acceptors (Lipinski definition) is 4. The van der Waals surface area contributed by atoms with Crippen molar-refractivity contribution in [2.75, 3.05) is 13.1 Å². The second kappa shape index (κ2) is 4.49. The fourth-order valence-corrected chi connectivity index (χ4v) is 2.48. The van der Waals surface area contributed by atoms with Gasteiger partial charge in [0.25, 0.3) is 0 Å². The molecule has 0 radical (unpaired) electrons. The molecule has 1 aromatic heterocycles. The number of aliphatic hydroxyl groups is 1. The van der Waals surface area contributed by atoms with Crippen LogP contribution >= 0.6 is 23.4 Å². The fraction of sp³-hybridized carbons (Fsp3) is 0.444. The Bertz CT molecular complexity index is 306. The molecule has 2 atom stereocenters. The number of thioether (sulfide) groups is 1. The molecule has 2 unspecified atom stereocenters. The highest BCUT2D eigenvalue weighted by molar-refractivity contribution is 8.00. The van der Waals surface area contributed by atoms with Gasteiger partial charge in [-0.1, -0.05) is 23.4 Å². The number of nitrogens with one attached hydrogen (secondary N) is 1. The lowest BCUT2D eigenvalue weighted by Gasteiger charge is -2.11. The Morgan fingerprint density at radius 1 is 1.50 bits per heavy atom. The van der Waals surface area contributed by atoms with Crippen LogP contribution in [0.3, 0.4) is 0 Å². The molecule has 0 amide bonds. The molecule has 1 aromatic rings. The van der Waals surface area contributed by atoms with Crippen molar-refractivity contribution in [2.45, 2.75) is 16.4 Å². The van der Waals surface area contributed by atoms with E-state index in [-0.39, 0.29) is 11.4 Å². The smallest absolute Gasteiger partial charge is 0.0965 e. The van der Waals surface area contributed by atoms with E-state index in [2.05, 4.69) is 10.3 Å². The van der Waals surface area contributed by atoms with Crippen LogP contribution < -0.4 is 5.32 Å². The van der Waals surface area contributed by atoms with Crippen LogP contribution in [0.5, 0.6) is 0 Å². The lowest BCUT2D eigenvalue weighted by Crippen LogP contribution is -2.19. The average Bonchev–Trinajstić information content (AvgIpc) is 2.56. The summed E-state index contributed by atoms with van der Waals surface area (Å²) in [6.07, 6.45) is 1.34. The summed E-state index contributed by atoms with van der Waals surface area (Å²) in [6.45, 7) is 1.50. The van der Waals surface area contributed by atoms with E-state index in [1.807, 2.05) is 12.1 Å². The second-order valence-corrected chi connectivity index (χ2v) is 4.89. The van der Waals surface area contributed by atoms with Gasteiger partial charge in [0.1, 0.15) is 0 Å². The van der Waals surface area contributed by atoms with Crippen LogP contribution in [0.25, 0.3) is 0 Å². The zero-order valence-electron chi connectivity index (χ0n) is 7.48. The van der Waals surface area contributed by atoms with Crippen LogP contribution in [-0.2, 0) is 0 Å². The van der Waals surface area contributed by atoms with Gasteiger partial charge in [0.05, 0.1) is 21.4 Å². The van der Waals surface area contributed by atoms with Crippen LogP contribution in [0.1, 0.15) is 0 Å². The minimum atomic E-state index is -0.280. The molecule has 14 heavy (non-hydrogen) atoms. The quantitative estimate of drug-likeness (QED) is 0.801. The maximum Gasteiger partial charge on any atom is 0.0965 e. The third kappa shape index (κ3) is 2.39. The van der Waals surface area contributed by atoms with Crippen molar-refractivity contribution in [3.63, 3.8) is 0 Å². The monoisotopic (exact) mass is 230 g/mol. The number of aliphatic hydroxyl groups excluding tert-OH is 1. The first-order valence-corrected chi connectivity index (χ1v) is 5.68. The van der Waals surface area contributed by atoms with E-state index < -0.39 is 0 Å². The molecule has 3 nitrogen and oxygen atoms in total. The molecule has 2 N–H and O–H groups in total. The number of rotatable bonds is 2. The average molecular weight is 231 g/mol. The molecule has 1 saturated heterocycles. The van der Waals surface area contributed by atoms with Gasteiger partial charge in [-0.05, 0) is 12.1 Å². The van der Waals surface area contributed by atoms with E-state index in [1.165, 1.54) is 0 Å². The van der Waals surface area contributed by atoms with Gasteiger partial charge in [-0.15, -0.1) is 0 Å². The van der Waals surface area contributed by atoms with Crippen LogP contribution in [0.4, 0.5) is 0 Å². The van der Waals surface area contributed by atoms with Crippen molar-refractivity contribution < 1.29 is 5.11 Å². The Hall–Kier alpha value is -0.290. The molecule has 1 aliphatic heterocycles. The van der Waals surface area contributed by atoms with Gasteiger partial charge in [-0.3, -0.25) is 0 Å². The van der Waals surface area contributed by atoms with Gasteiger partial charge in [0.15, 0.2) is 0 Å². The van der Waals surface area contributed by atoms with Crippen molar-refractivity contribution in [2.24, 2.45) is 0 Å². The van der Waals surface area contributed by atoms with Crippen LogP contribution in [0, 0.1) is 0 Å². The predicted molar refractivity (Wildman–Crippen MR) is 57.8 cm³/mol. The summed E-state index contributed by atoms with van der Waals surface area (Å²) >= 11 is 7.31. The molecule has 1 aliphatic rings. The summed E-state index contributed by atoms with van der Waals surface area (Å²) in [5.41, 5.74) is 0. The van der Waals surface area contributed by atoms with Crippen molar-refractivity contribution >= 4 is 23.4 Å². The number of aromatic nitrogens is 1. The summed E-state index contributed by atoms with van der Waals surface area (Å²) in [5, 5.41) is 14.4. The van der Waals surface area contributed by atoms with Gasteiger partial charge in [-0.25, -0.2) is 4.98 Å². The largest absolute Gasteiger partial charge is 0.391 e. The molecule has 0 aromatic carbocycles. The molecular formula is C9H11ClN2OS. The van der Waals surface area contributed by atoms with Gasteiger partial charge < -0.3 is 10.4 Å². The maximum atomic E-state index is 9.57.